The van der Waals surface area contributed by atoms with Gasteiger partial charge in [-0.25, -0.2) is 0 Å². The summed E-state index contributed by atoms with van der Waals surface area (Å²) in [5.41, 5.74) is 3.78. The quantitative estimate of drug-likeness (QED) is 0.471. The van der Waals surface area contributed by atoms with Crippen LogP contribution in [-0.4, -0.2) is 0 Å². The molecule has 0 radical (unpaired) electrons. The summed E-state index contributed by atoms with van der Waals surface area (Å²) in [6.45, 7) is 8.32. The van der Waals surface area contributed by atoms with Crippen molar-refractivity contribution in [3.8, 4) is 0 Å². The van der Waals surface area contributed by atoms with Gasteiger partial charge in [0.15, 0.2) is 0 Å². The second-order valence-corrected chi connectivity index (χ2v) is 3.24. The van der Waals surface area contributed by atoms with Crippen LogP contribution in [0.2, 0.25) is 0 Å². The number of hydrogen-bond acceptors (Lipinski definition) is 1. The molecule has 0 aliphatic heterocycles. The Kier molecular flexibility index (Phi) is 5.05. The van der Waals surface area contributed by atoms with Crippen LogP contribution in [0.1, 0.15) is 27.7 Å². The minimum Gasteiger partial charge on any atom is -0.151 e. The van der Waals surface area contributed by atoms with Crippen molar-refractivity contribution < 1.29 is 0 Å². The predicted octanol–water partition coefficient (Wildman–Crippen LogP) is 3.73. The van der Waals surface area contributed by atoms with Gasteiger partial charge in [0.25, 0.3) is 0 Å². The Morgan fingerprint density at radius 3 is 1.82 bits per heavy atom. The zero-order chi connectivity index (χ0) is 8.85. The maximum absolute atomic E-state index is 4.05. The van der Waals surface area contributed by atoms with E-state index in [4.69, 9.17) is 0 Å². The standard InChI is InChI=1S/C10H16S/c1-8(2)5-9(3)6-10(4)7-11/h5-7,11H,1-4H3/b9-6-,10-7+. The molecule has 0 aromatic heterocycles. The summed E-state index contributed by atoms with van der Waals surface area (Å²) in [5, 5.41) is 1.81. The van der Waals surface area contributed by atoms with Gasteiger partial charge < -0.3 is 0 Å². The zero-order valence-corrected chi connectivity index (χ0v) is 8.57. The molecule has 0 rings (SSSR count). The number of hydrogen-bond donors (Lipinski definition) is 1. The van der Waals surface area contributed by atoms with E-state index in [-0.39, 0.29) is 0 Å². The molecule has 0 saturated carbocycles. The molecular formula is C10H16S. The van der Waals surface area contributed by atoms with Crippen molar-refractivity contribution in [1.29, 1.82) is 0 Å². The summed E-state index contributed by atoms with van der Waals surface area (Å²) in [4.78, 5) is 0. The molecule has 0 aliphatic rings. The van der Waals surface area contributed by atoms with Crippen molar-refractivity contribution in [3.05, 3.63) is 34.3 Å². The van der Waals surface area contributed by atoms with Crippen LogP contribution < -0.4 is 0 Å². The monoisotopic (exact) mass is 168 g/mol. The molecule has 0 spiro atoms. The maximum atomic E-state index is 4.05. The van der Waals surface area contributed by atoms with Gasteiger partial charge in [-0.15, -0.1) is 0 Å². The van der Waals surface area contributed by atoms with Gasteiger partial charge in [-0.1, -0.05) is 23.3 Å². The van der Waals surface area contributed by atoms with Gasteiger partial charge in [-0.3, -0.25) is 0 Å². The maximum Gasteiger partial charge on any atom is -0.0295 e. The van der Waals surface area contributed by atoms with Crippen molar-refractivity contribution in [2.45, 2.75) is 27.7 Å². The molecule has 62 valence electrons. The van der Waals surface area contributed by atoms with Crippen molar-refractivity contribution in [2.24, 2.45) is 0 Å². The van der Waals surface area contributed by atoms with E-state index in [1.54, 1.807) is 0 Å². The molecule has 11 heavy (non-hydrogen) atoms. The highest BCUT2D eigenvalue weighted by atomic mass is 32.1. The summed E-state index contributed by atoms with van der Waals surface area (Å²) in [7, 11) is 0. The molecule has 0 heterocycles. The highest BCUT2D eigenvalue weighted by Crippen LogP contribution is 2.06. The first-order chi connectivity index (χ1) is 5.06. The summed E-state index contributed by atoms with van der Waals surface area (Å²) in [6, 6.07) is 0. The molecule has 0 saturated heterocycles. The first kappa shape index (κ1) is 10.6. The summed E-state index contributed by atoms with van der Waals surface area (Å²) in [6.07, 6.45) is 4.26. The Labute approximate surface area is 75.1 Å². The highest BCUT2D eigenvalue weighted by Gasteiger charge is 1.84. The van der Waals surface area contributed by atoms with E-state index in [0.717, 1.165) is 0 Å². The third-order valence-electron chi connectivity index (χ3n) is 1.18. The van der Waals surface area contributed by atoms with E-state index in [1.807, 2.05) is 12.3 Å². The van der Waals surface area contributed by atoms with Crippen LogP contribution in [0.3, 0.4) is 0 Å². The Bertz CT molecular complexity index is 203. The van der Waals surface area contributed by atoms with Crippen LogP contribution in [0.5, 0.6) is 0 Å². The van der Waals surface area contributed by atoms with Crippen LogP contribution >= 0.6 is 12.6 Å². The van der Waals surface area contributed by atoms with E-state index in [0.29, 0.717) is 0 Å². The number of rotatable bonds is 2. The largest absolute Gasteiger partial charge is 0.151 e. The van der Waals surface area contributed by atoms with Crippen molar-refractivity contribution in [1.82, 2.24) is 0 Å². The molecule has 0 atom stereocenters. The number of allylic oxidation sites excluding steroid dienone is 5. The molecule has 0 aliphatic carbocycles. The smallest absolute Gasteiger partial charge is 0.0295 e. The van der Waals surface area contributed by atoms with Gasteiger partial charge in [-0.2, -0.15) is 12.6 Å². The Morgan fingerprint density at radius 1 is 0.909 bits per heavy atom. The Balaban J connectivity index is 4.36. The normalized spacial score (nSPS) is 13.2. The van der Waals surface area contributed by atoms with Gasteiger partial charge in [0.05, 0.1) is 0 Å². The van der Waals surface area contributed by atoms with Crippen molar-refractivity contribution in [2.75, 3.05) is 0 Å². The zero-order valence-electron chi connectivity index (χ0n) is 7.68. The first-order valence-electron chi connectivity index (χ1n) is 3.70. The van der Waals surface area contributed by atoms with Crippen molar-refractivity contribution >= 4 is 12.6 Å². The molecule has 0 N–H and O–H groups in total. The molecule has 0 fully saturated rings. The summed E-state index contributed by atoms with van der Waals surface area (Å²) in [5.74, 6) is 0. The second kappa shape index (κ2) is 5.25. The second-order valence-electron chi connectivity index (χ2n) is 2.98. The number of thiol groups is 1. The van der Waals surface area contributed by atoms with Gasteiger partial charge in [0.1, 0.15) is 0 Å². The van der Waals surface area contributed by atoms with Crippen LogP contribution in [-0.2, 0) is 0 Å². The Hall–Kier alpha value is -0.430. The van der Waals surface area contributed by atoms with Gasteiger partial charge in [0.2, 0.25) is 0 Å². The lowest BCUT2D eigenvalue weighted by Crippen LogP contribution is -1.73. The van der Waals surface area contributed by atoms with Crippen LogP contribution in [0.4, 0.5) is 0 Å². The third kappa shape index (κ3) is 5.99. The van der Waals surface area contributed by atoms with Gasteiger partial charge in [0, 0.05) is 0 Å². The lowest BCUT2D eigenvalue weighted by Gasteiger charge is -1.94. The van der Waals surface area contributed by atoms with Crippen molar-refractivity contribution in [3.63, 3.8) is 0 Å². The SMILES string of the molecule is CC(C)=C/C(C)=C\C(C)=C\S. The van der Waals surface area contributed by atoms with Gasteiger partial charge in [-0.05, 0) is 38.7 Å². The predicted molar refractivity (Wildman–Crippen MR) is 55.9 cm³/mol. The fourth-order valence-electron chi connectivity index (χ4n) is 0.893. The lowest BCUT2D eigenvalue weighted by molar-refractivity contribution is 1.34. The average molecular weight is 168 g/mol. The first-order valence-corrected chi connectivity index (χ1v) is 4.22. The lowest BCUT2D eigenvalue weighted by atomic mass is 10.1. The highest BCUT2D eigenvalue weighted by molar-refractivity contribution is 7.83. The topological polar surface area (TPSA) is 0 Å². The molecule has 0 bridgehead atoms. The Morgan fingerprint density at radius 2 is 1.45 bits per heavy atom. The van der Waals surface area contributed by atoms with E-state index in [1.165, 1.54) is 16.7 Å². The minimum atomic E-state index is 1.18. The third-order valence-corrected chi connectivity index (χ3v) is 1.58. The minimum absolute atomic E-state index is 1.18. The molecule has 0 aromatic carbocycles. The molecule has 0 amide bonds. The van der Waals surface area contributed by atoms with E-state index in [2.05, 4.69) is 45.6 Å². The fraction of sp³-hybridized carbons (Fsp3) is 0.400. The fourth-order valence-corrected chi connectivity index (χ4v) is 0.968. The van der Waals surface area contributed by atoms with Crippen LogP contribution in [0, 0.1) is 0 Å². The molecule has 1 heteroatoms. The average Bonchev–Trinajstić information content (AvgIpc) is 1.85. The molecule has 0 nitrogen and oxygen atoms in total. The van der Waals surface area contributed by atoms with E-state index >= 15 is 0 Å². The van der Waals surface area contributed by atoms with E-state index in [9.17, 15) is 0 Å². The van der Waals surface area contributed by atoms with Crippen LogP contribution in [0.25, 0.3) is 0 Å². The molecular weight excluding hydrogens is 152 g/mol. The summed E-state index contributed by atoms with van der Waals surface area (Å²) < 4.78 is 0. The summed E-state index contributed by atoms with van der Waals surface area (Å²) >= 11 is 4.05. The van der Waals surface area contributed by atoms with Crippen LogP contribution in [0.15, 0.2) is 34.3 Å². The van der Waals surface area contributed by atoms with Gasteiger partial charge >= 0.3 is 0 Å². The molecule has 0 unspecified atom stereocenters. The van der Waals surface area contributed by atoms with E-state index < -0.39 is 0 Å². The molecule has 0 aromatic rings.